The average Bonchev–Trinajstić information content (AvgIpc) is 2.35. The van der Waals surface area contributed by atoms with Crippen LogP contribution >= 0.6 is 0 Å². The molecule has 0 aliphatic heterocycles. The van der Waals surface area contributed by atoms with Gasteiger partial charge in [0.25, 0.3) is 0 Å². The molecule has 4 heteroatoms. The fourth-order valence-electron chi connectivity index (χ4n) is 2.19. The maximum atomic E-state index is 12.2. The fraction of sp³-hybridized carbons (Fsp3) is 0.375. The minimum Gasteiger partial charge on any atom is -0.478 e. The van der Waals surface area contributed by atoms with Crippen LogP contribution in [0.3, 0.4) is 0 Å². The molecule has 0 bridgehead atoms. The third-order valence-electron chi connectivity index (χ3n) is 2.96. The van der Waals surface area contributed by atoms with Crippen LogP contribution < -0.4 is 0 Å². The van der Waals surface area contributed by atoms with E-state index in [1.54, 1.807) is 29.2 Å². The minimum atomic E-state index is -0.998. The van der Waals surface area contributed by atoms with E-state index in [2.05, 4.69) is 0 Å². The maximum Gasteiger partial charge on any atom is 0.336 e. The van der Waals surface area contributed by atoms with Gasteiger partial charge in [0.1, 0.15) is 0 Å². The van der Waals surface area contributed by atoms with Gasteiger partial charge in [-0.15, -0.1) is 0 Å². The van der Waals surface area contributed by atoms with Crippen molar-refractivity contribution in [1.29, 1.82) is 0 Å². The molecular formula is C16H21NO3. The van der Waals surface area contributed by atoms with Crippen LogP contribution in [0.2, 0.25) is 0 Å². The number of carbonyl (C=O) groups is 2. The molecule has 1 N–H and O–H groups in total. The summed E-state index contributed by atoms with van der Waals surface area (Å²) in [5.74, 6) is -1.11. The summed E-state index contributed by atoms with van der Waals surface area (Å²) in [6.07, 6.45) is 2.99. The van der Waals surface area contributed by atoms with Crippen LogP contribution in [0.5, 0.6) is 0 Å². The Hall–Kier alpha value is -2.10. The summed E-state index contributed by atoms with van der Waals surface area (Å²) in [5, 5.41) is 9.09. The van der Waals surface area contributed by atoms with Crippen molar-refractivity contribution in [1.82, 2.24) is 4.90 Å². The number of amides is 1. The largest absolute Gasteiger partial charge is 0.478 e. The smallest absolute Gasteiger partial charge is 0.336 e. The Labute approximate surface area is 119 Å². The normalized spacial score (nSPS) is 11.3. The molecule has 0 saturated carbocycles. The van der Waals surface area contributed by atoms with Gasteiger partial charge < -0.3 is 10.0 Å². The Balaban J connectivity index is 2.98. The van der Waals surface area contributed by atoms with E-state index in [9.17, 15) is 9.59 Å². The van der Waals surface area contributed by atoms with Gasteiger partial charge in [0.15, 0.2) is 0 Å². The van der Waals surface area contributed by atoms with Crippen molar-refractivity contribution < 1.29 is 14.7 Å². The first-order valence-corrected chi connectivity index (χ1v) is 6.67. The first kappa shape index (κ1) is 16.0. The first-order chi connectivity index (χ1) is 9.34. The van der Waals surface area contributed by atoms with E-state index in [1.165, 1.54) is 12.1 Å². The number of nitrogens with zero attached hydrogens (tertiary/aromatic N) is 1. The van der Waals surface area contributed by atoms with Gasteiger partial charge in [-0.25, -0.2) is 4.79 Å². The molecule has 0 atom stereocenters. The molecule has 0 aromatic heterocycles. The monoisotopic (exact) mass is 275 g/mol. The van der Waals surface area contributed by atoms with E-state index in [-0.39, 0.29) is 23.6 Å². The molecule has 1 rings (SSSR count). The van der Waals surface area contributed by atoms with E-state index in [4.69, 9.17) is 5.11 Å². The number of hydrogen-bond donors (Lipinski definition) is 1. The number of hydrogen-bond acceptors (Lipinski definition) is 2. The van der Waals surface area contributed by atoms with E-state index >= 15 is 0 Å². The van der Waals surface area contributed by atoms with Crippen molar-refractivity contribution in [2.75, 3.05) is 0 Å². The summed E-state index contributed by atoms with van der Waals surface area (Å²) in [7, 11) is 0. The van der Waals surface area contributed by atoms with Gasteiger partial charge >= 0.3 is 5.97 Å². The van der Waals surface area contributed by atoms with Gasteiger partial charge in [0.05, 0.1) is 5.56 Å². The Bertz CT molecular complexity index is 510. The van der Waals surface area contributed by atoms with E-state index in [0.29, 0.717) is 5.56 Å². The molecule has 0 unspecified atom stereocenters. The van der Waals surface area contributed by atoms with E-state index < -0.39 is 5.97 Å². The van der Waals surface area contributed by atoms with Crippen molar-refractivity contribution in [2.24, 2.45) is 0 Å². The zero-order valence-electron chi connectivity index (χ0n) is 12.3. The predicted molar refractivity (Wildman–Crippen MR) is 79.6 cm³/mol. The highest BCUT2D eigenvalue weighted by Gasteiger charge is 2.17. The number of benzene rings is 1. The second kappa shape index (κ2) is 6.89. The molecular weight excluding hydrogens is 254 g/mol. The molecule has 1 aromatic rings. The van der Waals surface area contributed by atoms with Crippen molar-refractivity contribution in [3.8, 4) is 0 Å². The molecule has 20 heavy (non-hydrogen) atoms. The summed E-state index contributed by atoms with van der Waals surface area (Å²) < 4.78 is 0. The molecule has 1 aromatic carbocycles. The lowest BCUT2D eigenvalue weighted by molar-refractivity contribution is -0.129. The fourth-order valence-corrected chi connectivity index (χ4v) is 2.19. The Morgan fingerprint density at radius 2 is 1.65 bits per heavy atom. The van der Waals surface area contributed by atoms with Gasteiger partial charge in [0.2, 0.25) is 5.91 Å². The van der Waals surface area contributed by atoms with E-state index in [1.807, 2.05) is 27.7 Å². The van der Waals surface area contributed by atoms with Crippen molar-refractivity contribution in [3.63, 3.8) is 0 Å². The van der Waals surface area contributed by atoms with Gasteiger partial charge in [-0.05, 0) is 45.4 Å². The summed E-state index contributed by atoms with van der Waals surface area (Å²) >= 11 is 0. The lowest BCUT2D eigenvalue weighted by Crippen LogP contribution is -2.41. The van der Waals surface area contributed by atoms with Crippen molar-refractivity contribution in [2.45, 2.75) is 39.8 Å². The zero-order chi connectivity index (χ0) is 15.3. The molecule has 0 aliphatic carbocycles. The minimum absolute atomic E-state index is 0.0990. The number of carbonyl (C=O) groups excluding carboxylic acids is 1. The van der Waals surface area contributed by atoms with Gasteiger partial charge in [-0.2, -0.15) is 0 Å². The van der Waals surface area contributed by atoms with Crippen LogP contribution in [0, 0.1) is 0 Å². The molecule has 1 amide bonds. The molecule has 0 heterocycles. The lowest BCUT2D eigenvalue weighted by atomic mass is 10.1. The van der Waals surface area contributed by atoms with Gasteiger partial charge in [-0.3, -0.25) is 4.79 Å². The highest BCUT2D eigenvalue weighted by atomic mass is 16.4. The first-order valence-electron chi connectivity index (χ1n) is 6.67. The number of carboxylic acids is 1. The Morgan fingerprint density at radius 1 is 1.10 bits per heavy atom. The number of aromatic carboxylic acids is 1. The van der Waals surface area contributed by atoms with Crippen LogP contribution in [0.4, 0.5) is 0 Å². The summed E-state index contributed by atoms with van der Waals surface area (Å²) in [6, 6.07) is 6.82. The Kier molecular flexibility index (Phi) is 5.50. The third-order valence-corrected chi connectivity index (χ3v) is 2.96. The van der Waals surface area contributed by atoms with Crippen LogP contribution in [0.1, 0.15) is 43.6 Å². The average molecular weight is 275 g/mol. The maximum absolute atomic E-state index is 12.2. The van der Waals surface area contributed by atoms with Gasteiger partial charge in [0, 0.05) is 18.2 Å². The topological polar surface area (TPSA) is 57.6 Å². The highest BCUT2D eigenvalue weighted by molar-refractivity contribution is 5.96. The van der Waals surface area contributed by atoms with Crippen LogP contribution in [-0.4, -0.2) is 34.0 Å². The number of rotatable bonds is 5. The highest BCUT2D eigenvalue weighted by Crippen LogP contribution is 2.12. The van der Waals surface area contributed by atoms with Crippen LogP contribution in [-0.2, 0) is 4.79 Å². The zero-order valence-corrected chi connectivity index (χ0v) is 12.3. The van der Waals surface area contributed by atoms with Crippen LogP contribution in [0.25, 0.3) is 6.08 Å². The lowest BCUT2D eigenvalue weighted by Gasteiger charge is -2.29. The predicted octanol–water partition coefficient (Wildman–Crippen LogP) is 3.04. The molecule has 0 saturated heterocycles. The van der Waals surface area contributed by atoms with Crippen molar-refractivity contribution >= 4 is 18.0 Å². The molecule has 4 nitrogen and oxygen atoms in total. The summed E-state index contributed by atoms with van der Waals surface area (Å²) in [6.45, 7) is 7.82. The van der Waals surface area contributed by atoms with Gasteiger partial charge in [-0.1, -0.05) is 18.2 Å². The molecule has 0 fully saturated rings. The second-order valence-corrected chi connectivity index (χ2v) is 5.16. The number of carboxylic acid groups (broad SMARTS) is 1. The molecule has 0 spiro atoms. The van der Waals surface area contributed by atoms with Crippen molar-refractivity contribution in [3.05, 3.63) is 41.5 Å². The van der Waals surface area contributed by atoms with E-state index in [0.717, 1.165) is 0 Å². The third kappa shape index (κ3) is 3.95. The van der Waals surface area contributed by atoms with Crippen LogP contribution in [0.15, 0.2) is 30.3 Å². The molecule has 0 radical (unpaired) electrons. The quantitative estimate of drug-likeness (QED) is 0.840. The SMILES string of the molecule is CC(C)N(C(=O)C=Cc1ccccc1C(=O)O)C(C)C. The summed E-state index contributed by atoms with van der Waals surface area (Å²) in [4.78, 5) is 25.0. The Morgan fingerprint density at radius 3 is 2.15 bits per heavy atom. The molecule has 0 aliphatic rings. The second-order valence-electron chi connectivity index (χ2n) is 5.16. The standard InChI is InChI=1S/C16H21NO3/c1-11(2)17(12(3)4)15(18)10-9-13-7-5-6-8-14(13)16(19)20/h5-12H,1-4H3,(H,19,20). The molecule has 108 valence electrons. The summed E-state index contributed by atoms with van der Waals surface area (Å²) in [5.41, 5.74) is 0.720.